The highest BCUT2D eigenvalue weighted by atomic mass is 19.1. The van der Waals surface area contributed by atoms with E-state index in [1.54, 1.807) is 49.1 Å². The summed E-state index contributed by atoms with van der Waals surface area (Å²) in [7, 11) is 0. The maximum absolute atomic E-state index is 13.3. The van der Waals surface area contributed by atoms with Crippen molar-refractivity contribution in [3.8, 4) is 5.75 Å². The molecular weight excluding hydrogens is 383 g/mol. The van der Waals surface area contributed by atoms with E-state index >= 15 is 0 Å². The van der Waals surface area contributed by atoms with Crippen LogP contribution in [0.1, 0.15) is 55.5 Å². The molecule has 6 heteroatoms. The van der Waals surface area contributed by atoms with Gasteiger partial charge in [0.15, 0.2) is 5.60 Å². The van der Waals surface area contributed by atoms with E-state index in [0.29, 0.717) is 17.0 Å². The summed E-state index contributed by atoms with van der Waals surface area (Å²) in [4.78, 5) is 29.8. The molecule has 2 aromatic carbocycles. The van der Waals surface area contributed by atoms with Crippen LogP contribution in [-0.2, 0) is 11.3 Å². The third-order valence-corrected chi connectivity index (χ3v) is 5.77. The number of fused-ring (bicyclic) bond motifs is 1. The van der Waals surface area contributed by atoms with Gasteiger partial charge in [-0.05, 0) is 62.6 Å². The first-order chi connectivity index (χ1) is 14.3. The number of carbonyl (C=O) groups excluding carboxylic acids is 2. The highest BCUT2D eigenvalue weighted by Crippen LogP contribution is 2.39. The van der Waals surface area contributed by atoms with Crippen molar-refractivity contribution >= 4 is 17.5 Å². The lowest BCUT2D eigenvalue weighted by Crippen LogP contribution is -2.52. The second kappa shape index (κ2) is 8.09. The number of likely N-dealkylation sites (tertiary alicyclic amines) is 1. The smallest absolute Gasteiger partial charge is 0.271 e. The van der Waals surface area contributed by atoms with Gasteiger partial charge in [-0.1, -0.05) is 25.0 Å². The molecule has 0 bridgehead atoms. The van der Waals surface area contributed by atoms with Crippen molar-refractivity contribution in [1.82, 2.24) is 4.90 Å². The topological polar surface area (TPSA) is 49.9 Å². The Labute approximate surface area is 176 Å². The normalized spacial score (nSPS) is 18.4. The predicted molar refractivity (Wildman–Crippen MR) is 113 cm³/mol. The third-order valence-electron chi connectivity index (χ3n) is 5.77. The molecule has 0 spiro atoms. The Morgan fingerprint density at radius 3 is 2.37 bits per heavy atom. The molecule has 0 aromatic heterocycles. The predicted octanol–water partition coefficient (Wildman–Crippen LogP) is 4.55. The number of amides is 2. The number of carbonyl (C=O) groups is 2. The minimum Gasteiger partial charge on any atom is -0.476 e. The van der Waals surface area contributed by atoms with Gasteiger partial charge in [0.25, 0.3) is 11.8 Å². The van der Waals surface area contributed by atoms with Crippen LogP contribution in [0.25, 0.3) is 0 Å². The molecule has 1 fully saturated rings. The molecule has 0 radical (unpaired) electrons. The van der Waals surface area contributed by atoms with Crippen LogP contribution in [-0.4, -0.2) is 35.4 Å². The fraction of sp³-hybridized carbons (Fsp3) is 0.417. The molecule has 4 rings (SSSR count). The first-order valence-corrected chi connectivity index (χ1v) is 10.5. The Bertz CT molecular complexity index is 947. The van der Waals surface area contributed by atoms with E-state index in [2.05, 4.69) is 0 Å². The molecule has 1 saturated heterocycles. The Kier molecular flexibility index (Phi) is 5.50. The number of benzene rings is 2. The summed E-state index contributed by atoms with van der Waals surface area (Å²) in [6.45, 7) is 5.26. The van der Waals surface area contributed by atoms with Crippen LogP contribution in [0.4, 0.5) is 10.1 Å². The van der Waals surface area contributed by atoms with Crippen molar-refractivity contribution < 1.29 is 18.7 Å². The van der Waals surface area contributed by atoms with Crippen molar-refractivity contribution in [1.29, 1.82) is 0 Å². The average Bonchev–Trinajstić information content (AvgIpc) is 3.01. The van der Waals surface area contributed by atoms with Gasteiger partial charge in [0.05, 0.1) is 12.2 Å². The van der Waals surface area contributed by atoms with E-state index in [4.69, 9.17) is 4.74 Å². The minimum absolute atomic E-state index is 0.0151. The highest BCUT2D eigenvalue weighted by Gasteiger charge is 2.41. The van der Waals surface area contributed by atoms with E-state index in [9.17, 15) is 14.0 Å². The Balaban J connectivity index is 1.68. The quantitative estimate of drug-likeness (QED) is 0.746. The summed E-state index contributed by atoms with van der Waals surface area (Å²) in [5.74, 6) is 0.0321. The summed E-state index contributed by atoms with van der Waals surface area (Å²) in [5, 5.41) is 0. The number of hydrogen-bond acceptors (Lipinski definition) is 3. The van der Waals surface area contributed by atoms with Gasteiger partial charge in [-0.25, -0.2) is 4.39 Å². The standard InChI is InChI=1S/C24H27FN2O3/c1-24(2)23(29)27(16-17-7-10-19(25)11-8-17)20-15-18(9-12-21(20)30-24)22(28)26-13-5-3-4-6-14-26/h7-12,15H,3-6,13-14,16H2,1-2H3. The number of halogens is 1. The van der Waals surface area contributed by atoms with Gasteiger partial charge < -0.3 is 14.5 Å². The third kappa shape index (κ3) is 4.04. The number of rotatable bonds is 3. The van der Waals surface area contributed by atoms with Gasteiger partial charge in [-0.15, -0.1) is 0 Å². The molecule has 0 atom stereocenters. The molecule has 2 heterocycles. The lowest BCUT2D eigenvalue weighted by molar-refractivity contribution is -0.132. The second-order valence-electron chi connectivity index (χ2n) is 8.52. The highest BCUT2D eigenvalue weighted by molar-refractivity contribution is 6.04. The summed E-state index contributed by atoms with van der Waals surface area (Å²) in [6.07, 6.45) is 4.33. The molecule has 2 amide bonds. The molecule has 0 unspecified atom stereocenters. The molecule has 0 saturated carbocycles. The molecule has 2 aliphatic heterocycles. The van der Waals surface area contributed by atoms with E-state index in [1.165, 1.54) is 12.1 Å². The van der Waals surface area contributed by atoms with E-state index < -0.39 is 5.60 Å². The van der Waals surface area contributed by atoms with Crippen molar-refractivity contribution in [2.75, 3.05) is 18.0 Å². The van der Waals surface area contributed by atoms with Crippen molar-refractivity contribution in [3.05, 3.63) is 59.4 Å². The second-order valence-corrected chi connectivity index (χ2v) is 8.52. The summed E-state index contributed by atoms with van der Waals surface area (Å²) < 4.78 is 19.3. The van der Waals surface area contributed by atoms with Gasteiger partial charge in [0.1, 0.15) is 11.6 Å². The summed E-state index contributed by atoms with van der Waals surface area (Å²) >= 11 is 0. The molecule has 5 nitrogen and oxygen atoms in total. The van der Waals surface area contributed by atoms with Crippen LogP contribution in [0.5, 0.6) is 5.75 Å². The zero-order valence-electron chi connectivity index (χ0n) is 17.5. The van der Waals surface area contributed by atoms with Crippen LogP contribution >= 0.6 is 0 Å². The fourth-order valence-electron chi connectivity index (χ4n) is 4.09. The summed E-state index contributed by atoms with van der Waals surface area (Å²) in [5.41, 5.74) is 0.904. The molecule has 2 aliphatic rings. The SMILES string of the molecule is CC1(C)Oc2ccc(C(=O)N3CCCCCC3)cc2N(Cc2ccc(F)cc2)C1=O. The number of ether oxygens (including phenoxy) is 1. The Morgan fingerprint density at radius 1 is 1.03 bits per heavy atom. The maximum atomic E-state index is 13.3. The van der Waals surface area contributed by atoms with Gasteiger partial charge in [-0.3, -0.25) is 9.59 Å². The Hall–Kier alpha value is -2.89. The Morgan fingerprint density at radius 2 is 1.70 bits per heavy atom. The fourth-order valence-corrected chi connectivity index (χ4v) is 4.09. The van der Waals surface area contributed by atoms with Crippen LogP contribution in [0.3, 0.4) is 0 Å². The van der Waals surface area contributed by atoms with Crippen molar-refractivity contribution in [2.24, 2.45) is 0 Å². The largest absolute Gasteiger partial charge is 0.476 e. The molecular formula is C24H27FN2O3. The first-order valence-electron chi connectivity index (χ1n) is 10.5. The molecule has 2 aromatic rings. The zero-order chi connectivity index (χ0) is 21.3. The average molecular weight is 410 g/mol. The summed E-state index contributed by atoms with van der Waals surface area (Å²) in [6, 6.07) is 11.4. The lowest BCUT2D eigenvalue weighted by Gasteiger charge is -2.39. The van der Waals surface area contributed by atoms with Gasteiger partial charge in [-0.2, -0.15) is 0 Å². The van der Waals surface area contributed by atoms with E-state index in [-0.39, 0.29) is 24.2 Å². The molecule has 158 valence electrons. The zero-order valence-corrected chi connectivity index (χ0v) is 17.5. The number of hydrogen-bond donors (Lipinski definition) is 0. The van der Waals surface area contributed by atoms with Gasteiger partial charge in [0.2, 0.25) is 0 Å². The van der Waals surface area contributed by atoms with Crippen LogP contribution < -0.4 is 9.64 Å². The van der Waals surface area contributed by atoms with E-state index in [0.717, 1.165) is 44.3 Å². The van der Waals surface area contributed by atoms with Crippen LogP contribution in [0.2, 0.25) is 0 Å². The minimum atomic E-state index is -1.02. The monoisotopic (exact) mass is 410 g/mol. The number of nitrogens with zero attached hydrogens (tertiary/aromatic N) is 2. The maximum Gasteiger partial charge on any atom is 0.271 e. The van der Waals surface area contributed by atoms with Gasteiger partial charge in [0, 0.05) is 18.7 Å². The van der Waals surface area contributed by atoms with Crippen molar-refractivity contribution in [3.63, 3.8) is 0 Å². The van der Waals surface area contributed by atoms with Crippen molar-refractivity contribution in [2.45, 2.75) is 51.7 Å². The van der Waals surface area contributed by atoms with E-state index in [1.807, 2.05) is 4.90 Å². The number of anilines is 1. The van der Waals surface area contributed by atoms with Crippen LogP contribution in [0, 0.1) is 5.82 Å². The van der Waals surface area contributed by atoms with Gasteiger partial charge >= 0.3 is 0 Å². The lowest BCUT2D eigenvalue weighted by atomic mass is 10.0. The van der Waals surface area contributed by atoms with Crippen LogP contribution in [0.15, 0.2) is 42.5 Å². The molecule has 30 heavy (non-hydrogen) atoms. The molecule has 0 aliphatic carbocycles. The first kappa shape index (κ1) is 20.4. The molecule has 0 N–H and O–H groups in total.